The van der Waals surface area contributed by atoms with E-state index in [0.29, 0.717) is 12.1 Å². The van der Waals surface area contributed by atoms with Gasteiger partial charge in [0.15, 0.2) is 0 Å². The van der Waals surface area contributed by atoms with Gasteiger partial charge in [0.25, 0.3) is 5.91 Å². The van der Waals surface area contributed by atoms with E-state index in [1.807, 2.05) is 24.3 Å². The third-order valence-corrected chi connectivity index (χ3v) is 3.01. The van der Waals surface area contributed by atoms with Crippen LogP contribution in [0.15, 0.2) is 36.8 Å². The number of H-pyrrole nitrogens is 1. The van der Waals surface area contributed by atoms with Gasteiger partial charge in [-0.25, -0.2) is 4.98 Å². The van der Waals surface area contributed by atoms with E-state index >= 15 is 0 Å². The first-order valence-corrected chi connectivity index (χ1v) is 6.32. The van der Waals surface area contributed by atoms with Crippen LogP contribution >= 0.6 is 15.9 Å². The molecular weight excluding hydrogens is 282 g/mol. The molecule has 1 heterocycles. The van der Waals surface area contributed by atoms with Gasteiger partial charge < -0.3 is 10.3 Å². The summed E-state index contributed by atoms with van der Waals surface area (Å²) in [5, 5.41) is 3.61. The zero-order chi connectivity index (χ0) is 12.1. The second-order valence-corrected chi connectivity index (χ2v) is 4.15. The molecule has 0 aliphatic carbocycles. The molecule has 0 fully saturated rings. The maximum absolute atomic E-state index is 11.8. The Labute approximate surface area is 108 Å². The third-order valence-electron chi connectivity index (χ3n) is 2.36. The molecular formula is C12H12BrN3O. The van der Waals surface area contributed by atoms with Crippen LogP contribution in [0.4, 0.5) is 0 Å². The number of halogens is 1. The first-order chi connectivity index (χ1) is 8.29. The van der Waals surface area contributed by atoms with Gasteiger partial charge in [0.1, 0.15) is 0 Å². The first-order valence-electron chi connectivity index (χ1n) is 5.20. The number of aromatic amines is 1. The molecule has 0 aliphatic heterocycles. The molecule has 17 heavy (non-hydrogen) atoms. The summed E-state index contributed by atoms with van der Waals surface area (Å²) in [6, 6.07) is 7.50. The van der Waals surface area contributed by atoms with Gasteiger partial charge in [-0.05, 0) is 17.7 Å². The maximum atomic E-state index is 11.8. The summed E-state index contributed by atoms with van der Waals surface area (Å²) in [5.74, 6) is -0.0827. The van der Waals surface area contributed by atoms with Crippen LogP contribution in [0.1, 0.15) is 21.6 Å². The van der Waals surface area contributed by atoms with E-state index in [9.17, 15) is 4.79 Å². The molecule has 2 rings (SSSR count). The molecule has 0 saturated heterocycles. The van der Waals surface area contributed by atoms with E-state index in [1.165, 1.54) is 0 Å². The van der Waals surface area contributed by atoms with Crippen molar-refractivity contribution in [1.29, 1.82) is 0 Å². The van der Waals surface area contributed by atoms with Gasteiger partial charge in [-0.1, -0.05) is 28.1 Å². The van der Waals surface area contributed by atoms with Gasteiger partial charge in [-0.15, -0.1) is 0 Å². The highest BCUT2D eigenvalue weighted by Crippen LogP contribution is 2.07. The van der Waals surface area contributed by atoms with Crippen molar-refractivity contribution in [3.05, 3.63) is 53.6 Å². The number of aromatic nitrogens is 2. The Morgan fingerprint density at radius 1 is 1.35 bits per heavy atom. The zero-order valence-corrected chi connectivity index (χ0v) is 10.7. The number of amides is 1. The maximum Gasteiger partial charge on any atom is 0.251 e. The molecule has 1 aromatic carbocycles. The highest BCUT2D eigenvalue weighted by molar-refractivity contribution is 9.08. The van der Waals surface area contributed by atoms with Gasteiger partial charge in [-0.3, -0.25) is 4.79 Å². The molecule has 5 heteroatoms. The van der Waals surface area contributed by atoms with Crippen molar-refractivity contribution < 1.29 is 4.79 Å². The predicted octanol–water partition coefficient (Wildman–Crippen LogP) is 2.23. The SMILES string of the molecule is O=C(NCc1cnc[nH]1)c1ccc(CBr)cc1. The standard InChI is InChI=1S/C12H12BrN3O/c13-5-9-1-3-10(4-2-9)12(17)15-7-11-6-14-8-16-11/h1-4,6,8H,5,7H2,(H,14,16)(H,15,17). The number of carbonyl (C=O) groups is 1. The minimum absolute atomic E-state index is 0.0827. The molecule has 0 bridgehead atoms. The Kier molecular flexibility index (Phi) is 3.93. The van der Waals surface area contributed by atoms with Gasteiger partial charge >= 0.3 is 0 Å². The summed E-state index contributed by atoms with van der Waals surface area (Å²) >= 11 is 3.36. The summed E-state index contributed by atoms with van der Waals surface area (Å²) < 4.78 is 0. The van der Waals surface area contributed by atoms with Gasteiger partial charge in [0.05, 0.1) is 18.6 Å². The van der Waals surface area contributed by atoms with Crippen LogP contribution in [0.3, 0.4) is 0 Å². The van der Waals surface area contributed by atoms with E-state index in [0.717, 1.165) is 16.6 Å². The number of nitrogens with one attached hydrogen (secondary N) is 2. The fourth-order valence-electron chi connectivity index (χ4n) is 1.40. The largest absolute Gasteiger partial charge is 0.347 e. The molecule has 0 spiro atoms. The van der Waals surface area contributed by atoms with E-state index < -0.39 is 0 Å². The average molecular weight is 294 g/mol. The number of imidazole rings is 1. The van der Waals surface area contributed by atoms with Crippen molar-refractivity contribution in [2.45, 2.75) is 11.9 Å². The lowest BCUT2D eigenvalue weighted by molar-refractivity contribution is 0.0950. The second-order valence-electron chi connectivity index (χ2n) is 3.59. The minimum Gasteiger partial charge on any atom is -0.347 e. The first kappa shape index (κ1) is 11.9. The Morgan fingerprint density at radius 3 is 2.71 bits per heavy atom. The summed E-state index contributed by atoms with van der Waals surface area (Å²) in [7, 11) is 0. The van der Waals surface area contributed by atoms with Crippen molar-refractivity contribution in [3.8, 4) is 0 Å². The topological polar surface area (TPSA) is 57.8 Å². The lowest BCUT2D eigenvalue weighted by Gasteiger charge is -2.04. The highest BCUT2D eigenvalue weighted by Gasteiger charge is 2.05. The monoisotopic (exact) mass is 293 g/mol. The van der Waals surface area contributed by atoms with E-state index in [-0.39, 0.29) is 5.91 Å². The summed E-state index contributed by atoms with van der Waals surface area (Å²) in [4.78, 5) is 18.6. The fraction of sp³-hybridized carbons (Fsp3) is 0.167. The molecule has 1 aromatic heterocycles. The van der Waals surface area contributed by atoms with Gasteiger partial charge in [-0.2, -0.15) is 0 Å². The molecule has 4 nitrogen and oxygen atoms in total. The van der Waals surface area contributed by atoms with Crippen LogP contribution in [-0.2, 0) is 11.9 Å². The van der Waals surface area contributed by atoms with Crippen LogP contribution in [0.5, 0.6) is 0 Å². The molecule has 88 valence electrons. The molecule has 2 aromatic rings. The Balaban J connectivity index is 1.95. The van der Waals surface area contributed by atoms with Crippen molar-refractivity contribution >= 4 is 21.8 Å². The van der Waals surface area contributed by atoms with Gasteiger partial charge in [0, 0.05) is 17.1 Å². The summed E-state index contributed by atoms with van der Waals surface area (Å²) in [6.07, 6.45) is 3.28. The highest BCUT2D eigenvalue weighted by atomic mass is 79.9. The normalized spacial score (nSPS) is 10.2. The summed E-state index contributed by atoms with van der Waals surface area (Å²) in [5.41, 5.74) is 2.69. The quantitative estimate of drug-likeness (QED) is 0.850. The van der Waals surface area contributed by atoms with E-state index in [2.05, 4.69) is 31.2 Å². The van der Waals surface area contributed by atoms with E-state index in [1.54, 1.807) is 12.5 Å². The number of alkyl halides is 1. The summed E-state index contributed by atoms with van der Waals surface area (Å²) in [6.45, 7) is 0.457. The van der Waals surface area contributed by atoms with Crippen molar-refractivity contribution in [2.24, 2.45) is 0 Å². The van der Waals surface area contributed by atoms with Crippen LogP contribution in [0.25, 0.3) is 0 Å². The van der Waals surface area contributed by atoms with Crippen molar-refractivity contribution in [1.82, 2.24) is 15.3 Å². The van der Waals surface area contributed by atoms with Crippen LogP contribution in [-0.4, -0.2) is 15.9 Å². The van der Waals surface area contributed by atoms with Crippen molar-refractivity contribution in [2.75, 3.05) is 0 Å². The Morgan fingerprint density at radius 2 is 2.12 bits per heavy atom. The number of benzene rings is 1. The molecule has 0 radical (unpaired) electrons. The second kappa shape index (κ2) is 5.63. The number of carbonyl (C=O) groups excluding carboxylic acids is 1. The smallest absolute Gasteiger partial charge is 0.251 e. The molecule has 1 amide bonds. The molecule has 0 saturated carbocycles. The van der Waals surface area contributed by atoms with Gasteiger partial charge in [0.2, 0.25) is 0 Å². The predicted molar refractivity (Wildman–Crippen MR) is 68.8 cm³/mol. The fourth-order valence-corrected chi connectivity index (χ4v) is 1.78. The van der Waals surface area contributed by atoms with Crippen molar-refractivity contribution in [3.63, 3.8) is 0 Å². The van der Waals surface area contributed by atoms with Crippen LogP contribution in [0, 0.1) is 0 Å². The zero-order valence-electron chi connectivity index (χ0n) is 9.11. The number of hydrogen-bond donors (Lipinski definition) is 2. The lowest BCUT2D eigenvalue weighted by atomic mass is 10.1. The lowest BCUT2D eigenvalue weighted by Crippen LogP contribution is -2.22. The van der Waals surface area contributed by atoms with Crippen LogP contribution < -0.4 is 5.32 Å². The van der Waals surface area contributed by atoms with Crippen LogP contribution in [0.2, 0.25) is 0 Å². The Hall–Kier alpha value is -1.62. The number of rotatable bonds is 4. The molecule has 0 aliphatic rings. The Bertz CT molecular complexity index is 479. The average Bonchev–Trinajstić information content (AvgIpc) is 2.89. The number of hydrogen-bond acceptors (Lipinski definition) is 2. The molecule has 2 N–H and O–H groups in total. The third kappa shape index (κ3) is 3.17. The van der Waals surface area contributed by atoms with E-state index in [4.69, 9.17) is 0 Å². The molecule has 0 atom stereocenters. The molecule has 0 unspecified atom stereocenters. The minimum atomic E-state index is -0.0827. The number of nitrogens with zero attached hydrogens (tertiary/aromatic N) is 1.